The smallest absolute Gasteiger partial charge is 0.382 e. The Kier molecular flexibility index (Phi) is 6.84. The molecule has 0 spiro atoms. The van der Waals surface area contributed by atoms with Gasteiger partial charge >= 0.3 is 12.4 Å². The predicted octanol–water partition coefficient (Wildman–Crippen LogP) is 3.31. The lowest BCUT2D eigenvalue weighted by atomic mass is 10.2. The van der Waals surface area contributed by atoms with Crippen LogP contribution in [-0.2, 0) is 26.2 Å². The number of aromatic nitrogens is 2. The van der Waals surface area contributed by atoms with Crippen molar-refractivity contribution in [3.63, 3.8) is 0 Å². The zero-order chi connectivity index (χ0) is 25.7. The van der Waals surface area contributed by atoms with Crippen LogP contribution in [0.3, 0.4) is 0 Å². The first kappa shape index (κ1) is 26.8. The van der Waals surface area contributed by atoms with Crippen LogP contribution < -0.4 is 9.44 Å². The van der Waals surface area contributed by atoms with Gasteiger partial charge < -0.3 is 5.73 Å². The topological polar surface area (TPSA) is 139 Å². The van der Waals surface area contributed by atoms with Gasteiger partial charge in [-0.25, -0.2) is 21.5 Å². The number of nitrogens with two attached hydrogens (primary N) is 1. The quantitative estimate of drug-likeness (QED) is 0.554. The molecule has 182 valence electrons. The fourth-order valence-electron chi connectivity index (χ4n) is 2.56. The van der Waals surface area contributed by atoms with Crippen molar-refractivity contribution in [1.29, 1.82) is 5.26 Å². The van der Waals surface area contributed by atoms with Crippen LogP contribution >= 0.6 is 23.2 Å². The Morgan fingerprint density at radius 1 is 1.12 bits per heavy atom. The molecular formula is C14H9Cl2F6N5O4S2. The predicted molar refractivity (Wildman–Crippen MR) is 105 cm³/mol. The van der Waals surface area contributed by atoms with E-state index in [1.807, 2.05) is 0 Å². The number of nitrogen functional groups attached to an aromatic ring is 1. The van der Waals surface area contributed by atoms with E-state index < -0.39 is 80.4 Å². The Balaban J connectivity index is 2.88. The maximum Gasteiger partial charge on any atom is 0.416 e. The SMILES string of the molecule is CS(=O)(=O)N(c1c(C#N)nn(-c2c(Cl)cc(C(F)(F)F)cc2Cl)c1N)S(=O)(=O)CC(F)(F)F. The van der Waals surface area contributed by atoms with E-state index in [9.17, 15) is 48.4 Å². The molecule has 0 aliphatic heterocycles. The van der Waals surface area contributed by atoms with Crippen molar-refractivity contribution in [2.24, 2.45) is 0 Å². The highest BCUT2D eigenvalue weighted by molar-refractivity contribution is 8.10. The number of halogens is 8. The number of anilines is 2. The Bertz CT molecular complexity index is 1340. The first-order valence-electron chi connectivity index (χ1n) is 7.86. The van der Waals surface area contributed by atoms with Gasteiger partial charge in [-0.1, -0.05) is 23.2 Å². The molecule has 1 aromatic heterocycles. The third kappa shape index (κ3) is 5.57. The molecule has 1 heterocycles. The van der Waals surface area contributed by atoms with Crippen molar-refractivity contribution in [2.45, 2.75) is 12.4 Å². The molecule has 0 aliphatic rings. The number of benzene rings is 1. The summed E-state index contributed by atoms with van der Waals surface area (Å²) < 4.78 is 126. The molecule has 0 radical (unpaired) electrons. The van der Waals surface area contributed by atoms with Crippen LogP contribution in [0.4, 0.5) is 37.8 Å². The minimum absolute atomic E-state index is 0.219. The highest BCUT2D eigenvalue weighted by atomic mass is 35.5. The number of nitriles is 1. The van der Waals surface area contributed by atoms with Gasteiger partial charge in [0, 0.05) is 0 Å². The van der Waals surface area contributed by atoms with Crippen molar-refractivity contribution in [3.8, 4) is 11.8 Å². The first-order valence-corrected chi connectivity index (χ1v) is 12.1. The lowest BCUT2D eigenvalue weighted by Crippen LogP contribution is -2.42. The van der Waals surface area contributed by atoms with E-state index in [0.29, 0.717) is 16.8 Å². The molecule has 0 saturated carbocycles. The van der Waals surface area contributed by atoms with Crippen LogP contribution in [0.1, 0.15) is 11.3 Å². The Morgan fingerprint density at radius 2 is 1.61 bits per heavy atom. The zero-order valence-electron chi connectivity index (χ0n) is 15.7. The second-order valence-corrected chi connectivity index (χ2v) is 10.9. The molecule has 19 heteroatoms. The lowest BCUT2D eigenvalue weighted by Gasteiger charge is -2.22. The summed E-state index contributed by atoms with van der Waals surface area (Å²) >= 11 is 11.6. The molecule has 2 aromatic rings. The molecule has 0 saturated heterocycles. The third-order valence-corrected chi connectivity index (χ3v) is 7.87. The van der Waals surface area contributed by atoms with E-state index >= 15 is 0 Å². The molecule has 2 N–H and O–H groups in total. The molecule has 0 bridgehead atoms. The Morgan fingerprint density at radius 3 is 1.97 bits per heavy atom. The van der Waals surface area contributed by atoms with Gasteiger partial charge in [0.2, 0.25) is 10.0 Å². The minimum Gasteiger partial charge on any atom is -0.382 e. The first-order chi connectivity index (χ1) is 14.7. The van der Waals surface area contributed by atoms with E-state index in [1.54, 1.807) is 0 Å². The van der Waals surface area contributed by atoms with Crippen LogP contribution in [0.25, 0.3) is 5.69 Å². The second kappa shape index (κ2) is 8.42. The van der Waals surface area contributed by atoms with Crippen LogP contribution in [0, 0.1) is 11.3 Å². The van der Waals surface area contributed by atoms with Crippen LogP contribution in [0.5, 0.6) is 0 Å². The van der Waals surface area contributed by atoms with Gasteiger partial charge in [-0.15, -0.1) is 0 Å². The fraction of sp³-hybridized carbons (Fsp3) is 0.286. The average molecular weight is 560 g/mol. The lowest BCUT2D eigenvalue weighted by molar-refractivity contribution is -0.137. The van der Waals surface area contributed by atoms with E-state index in [1.165, 1.54) is 6.07 Å². The van der Waals surface area contributed by atoms with Crippen molar-refractivity contribution >= 4 is 54.8 Å². The van der Waals surface area contributed by atoms with Gasteiger partial charge in [0.05, 0.1) is 21.9 Å². The Hall–Kier alpha value is -2.42. The number of sulfonamides is 2. The van der Waals surface area contributed by atoms with Gasteiger partial charge in [-0.2, -0.15) is 40.4 Å². The van der Waals surface area contributed by atoms with Gasteiger partial charge in [0.1, 0.15) is 17.4 Å². The summed E-state index contributed by atoms with van der Waals surface area (Å²) in [6.45, 7) is 0. The molecule has 1 aromatic carbocycles. The summed E-state index contributed by atoms with van der Waals surface area (Å²) in [7, 11) is -10.8. The number of alkyl halides is 6. The summed E-state index contributed by atoms with van der Waals surface area (Å²) in [5.74, 6) is -3.71. The average Bonchev–Trinajstić information content (AvgIpc) is 2.86. The van der Waals surface area contributed by atoms with Gasteiger partial charge in [0.15, 0.2) is 17.3 Å². The van der Waals surface area contributed by atoms with Crippen molar-refractivity contribution in [3.05, 3.63) is 33.4 Å². The molecule has 33 heavy (non-hydrogen) atoms. The maximum absolute atomic E-state index is 12.9. The Labute approximate surface area is 192 Å². The number of hydrogen-bond donors (Lipinski definition) is 1. The van der Waals surface area contributed by atoms with E-state index in [4.69, 9.17) is 28.9 Å². The summed E-state index contributed by atoms with van der Waals surface area (Å²) in [4.78, 5) is 0. The number of hydrogen-bond acceptors (Lipinski definition) is 7. The third-order valence-electron chi connectivity index (χ3n) is 3.64. The monoisotopic (exact) mass is 559 g/mol. The standard InChI is InChI=1S/C14H9Cl2F6N5O4S2/c1-32(28,29)27(33(30,31)5-13(17,18)19)11-9(4-23)25-26(12(11)24)10-7(15)2-6(3-8(10)16)14(20,21)22/h2-3H,5,24H2,1H3. The summed E-state index contributed by atoms with van der Waals surface area (Å²) in [6, 6.07) is 2.02. The number of rotatable bonds is 5. The van der Waals surface area contributed by atoms with Gasteiger partial charge in [-0.3, -0.25) is 0 Å². The van der Waals surface area contributed by atoms with Crippen molar-refractivity contribution in [1.82, 2.24) is 9.78 Å². The summed E-state index contributed by atoms with van der Waals surface area (Å²) in [5, 5.41) is 11.2. The minimum atomic E-state index is -5.74. The highest BCUT2D eigenvalue weighted by Crippen LogP contribution is 2.41. The van der Waals surface area contributed by atoms with E-state index in [-0.39, 0.29) is 6.26 Å². The van der Waals surface area contributed by atoms with Crippen LogP contribution in [-0.4, -0.2) is 44.8 Å². The normalized spacial score (nSPS) is 13.1. The molecule has 0 amide bonds. The van der Waals surface area contributed by atoms with Gasteiger partial charge in [-0.05, 0) is 12.1 Å². The molecule has 0 fully saturated rings. The molecular weight excluding hydrogens is 551 g/mol. The van der Waals surface area contributed by atoms with Gasteiger partial charge in [0.25, 0.3) is 10.0 Å². The van der Waals surface area contributed by atoms with Crippen molar-refractivity contribution < 1.29 is 43.2 Å². The van der Waals surface area contributed by atoms with Crippen LogP contribution in [0.2, 0.25) is 10.0 Å². The van der Waals surface area contributed by atoms with E-state index in [0.717, 1.165) is 0 Å². The maximum atomic E-state index is 12.9. The number of nitrogens with zero attached hydrogens (tertiary/aromatic N) is 4. The molecule has 0 unspecified atom stereocenters. The fourth-order valence-corrected chi connectivity index (χ4v) is 6.51. The summed E-state index contributed by atoms with van der Waals surface area (Å²) in [6.07, 6.45) is -10.1. The van der Waals surface area contributed by atoms with Crippen LogP contribution in [0.15, 0.2) is 12.1 Å². The summed E-state index contributed by atoms with van der Waals surface area (Å²) in [5.41, 5.74) is 1.35. The van der Waals surface area contributed by atoms with Crippen molar-refractivity contribution in [2.75, 3.05) is 21.5 Å². The molecule has 9 nitrogen and oxygen atoms in total. The highest BCUT2D eigenvalue weighted by Gasteiger charge is 2.45. The second-order valence-electron chi connectivity index (χ2n) is 6.22. The largest absolute Gasteiger partial charge is 0.416 e. The van der Waals surface area contributed by atoms with E-state index in [2.05, 4.69) is 5.10 Å². The molecule has 0 aliphatic carbocycles. The molecule has 0 atom stereocenters. The zero-order valence-corrected chi connectivity index (χ0v) is 18.8. The molecule has 2 rings (SSSR count).